The molecule has 60 valence electrons. The molecule has 0 spiro atoms. The molecule has 0 atom stereocenters. The van der Waals surface area contributed by atoms with Crippen molar-refractivity contribution < 1.29 is 0 Å². The number of hydrogen-bond acceptors (Lipinski definition) is 0. The van der Waals surface area contributed by atoms with Gasteiger partial charge in [-0.3, -0.25) is 0 Å². The van der Waals surface area contributed by atoms with Gasteiger partial charge < -0.3 is 0 Å². The first-order valence-corrected chi connectivity index (χ1v) is 4.73. The van der Waals surface area contributed by atoms with Crippen molar-refractivity contribution in [2.45, 2.75) is 19.8 Å². The van der Waals surface area contributed by atoms with E-state index in [1.165, 1.54) is 5.56 Å². The van der Waals surface area contributed by atoms with Crippen molar-refractivity contribution in [3.05, 3.63) is 33.3 Å². The molecule has 0 fully saturated rings. The third-order valence-electron chi connectivity index (χ3n) is 1.61. The van der Waals surface area contributed by atoms with Gasteiger partial charge in [0.1, 0.15) is 0 Å². The Labute approximate surface area is 80.7 Å². The molecule has 0 radical (unpaired) electrons. The first kappa shape index (κ1) is 9.08. The number of benzene rings is 1. The molecule has 0 aromatic heterocycles. The van der Waals surface area contributed by atoms with E-state index in [4.69, 9.17) is 11.6 Å². The van der Waals surface area contributed by atoms with Gasteiger partial charge in [0.2, 0.25) is 0 Å². The molecule has 0 saturated heterocycles. The van der Waals surface area contributed by atoms with Gasteiger partial charge in [-0.2, -0.15) is 0 Å². The van der Waals surface area contributed by atoms with Crippen LogP contribution in [0.1, 0.15) is 25.3 Å². The highest BCUT2D eigenvalue weighted by Gasteiger charge is 2.01. The van der Waals surface area contributed by atoms with Crippen LogP contribution in [0.15, 0.2) is 22.7 Å². The zero-order valence-corrected chi connectivity index (χ0v) is 8.91. The normalized spacial score (nSPS) is 10.6. The van der Waals surface area contributed by atoms with Crippen LogP contribution in [0.25, 0.3) is 0 Å². The molecule has 1 rings (SSSR count). The highest BCUT2D eigenvalue weighted by molar-refractivity contribution is 9.10. The molecule has 0 amide bonds. The van der Waals surface area contributed by atoms with Crippen LogP contribution in [-0.4, -0.2) is 0 Å². The Morgan fingerprint density at radius 1 is 1.36 bits per heavy atom. The quantitative estimate of drug-likeness (QED) is 0.681. The second kappa shape index (κ2) is 3.59. The third kappa shape index (κ3) is 2.21. The van der Waals surface area contributed by atoms with E-state index in [1.54, 1.807) is 0 Å². The van der Waals surface area contributed by atoms with Gasteiger partial charge in [-0.25, -0.2) is 0 Å². The predicted molar refractivity (Wildman–Crippen MR) is 53.2 cm³/mol. The van der Waals surface area contributed by atoms with E-state index in [0.717, 1.165) is 9.50 Å². The first-order valence-electron chi connectivity index (χ1n) is 3.56. The highest BCUT2D eigenvalue weighted by Crippen LogP contribution is 2.26. The average Bonchev–Trinajstić information content (AvgIpc) is 1.94. The van der Waals surface area contributed by atoms with E-state index in [-0.39, 0.29) is 0 Å². The summed E-state index contributed by atoms with van der Waals surface area (Å²) in [5.74, 6) is 0.559. The fourth-order valence-corrected chi connectivity index (χ4v) is 1.39. The van der Waals surface area contributed by atoms with Crippen LogP contribution < -0.4 is 0 Å². The molecule has 0 unspecified atom stereocenters. The van der Waals surface area contributed by atoms with Crippen LogP contribution in [0.5, 0.6) is 0 Å². The summed E-state index contributed by atoms with van der Waals surface area (Å²) in [6.07, 6.45) is 0. The topological polar surface area (TPSA) is 0 Å². The molecule has 1 aromatic carbocycles. The molecular formula is C9H10BrCl. The zero-order valence-electron chi connectivity index (χ0n) is 6.57. The molecule has 0 bridgehead atoms. The Morgan fingerprint density at radius 3 is 2.45 bits per heavy atom. The minimum absolute atomic E-state index is 0.559. The summed E-state index contributed by atoms with van der Waals surface area (Å²) >= 11 is 9.22. The SMILES string of the molecule is CC(C)c1ccc(Cl)c(Br)c1. The van der Waals surface area contributed by atoms with E-state index < -0.39 is 0 Å². The molecule has 1 aromatic rings. The van der Waals surface area contributed by atoms with Gasteiger partial charge in [-0.05, 0) is 39.5 Å². The van der Waals surface area contributed by atoms with Crippen molar-refractivity contribution in [1.82, 2.24) is 0 Å². The van der Waals surface area contributed by atoms with E-state index in [2.05, 4.69) is 41.9 Å². The maximum Gasteiger partial charge on any atom is 0.0548 e. The van der Waals surface area contributed by atoms with Gasteiger partial charge in [0.05, 0.1) is 5.02 Å². The van der Waals surface area contributed by atoms with Gasteiger partial charge in [0.25, 0.3) is 0 Å². The van der Waals surface area contributed by atoms with Crippen molar-refractivity contribution in [3.63, 3.8) is 0 Å². The van der Waals surface area contributed by atoms with Crippen LogP contribution in [0.3, 0.4) is 0 Å². The summed E-state index contributed by atoms with van der Waals surface area (Å²) in [4.78, 5) is 0. The van der Waals surface area contributed by atoms with Crippen molar-refractivity contribution in [2.24, 2.45) is 0 Å². The largest absolute Gasteiger partial charge is 0.0831 e. The molecule has 0 aliphatic heterocycles. The van der Waals surface area contributed by atoms with Gasteiger partial charge in [-0.15, -0.1) is 0 Å². The van der Waals surface area contributed by atoms with Crippen LogP contribution in [-0.2, 0) is 0 Å². The summed E-state index contributed by atoms with van der Waals surface area (Å²) in [5.41, 5.74) is 1.31. The maximum absolute atomic E-state index is 5.84. The second-order valence-electron chi connectivity index (χ2n) is 2.83. The van der Waals surface area contributed by atoms with E-state index >= 15 is 0 Å². The monoisotopic (exact) mass is 232 g/mol. The number of rotatable bonds is 1. The lowest BCUT2D eigenvalue weighted by Gasteiger charge is -2.05. The lowest BCUT2D eigenvalue weighted by Crippen LogP contribution is -1.85. The number of hydrogen-bond donors (Lipinski definition) is 0. The van der Waals surface area contributed by atoms with Gasteiger partial charge in [0, 0.05) is 4.47 Å². The number of halogens is 2. The Morgan fingerprint density at radius 2 is 2.00 bits per heavy atom. The summed E-state index contributed by atoms with van der Waals surface area (Å²) in [5, 5.41) is 0.773. The Balaban J connectivity index is 3.05. The molecule has 0 saturated carbocycles. The smallest absolute Gasteiger partial charge is 0.0548 e. The predicted octanol–water partition coefficient (Wildman–Crippen LogP) is 4.23. The summed E-state index contributed by atoms with van der Waals surface area (Å²) < 4.78 is 0.977. The van der Waals surface area contributed by atoms with Crippen LogP contribution >= 0.6 is 27.5 Å². The Kier molecular flexibility index (Phi) is 2.97. The minimum Gasteiger partial charge on any atom is -0.0831 e. The van der Waals surface area contributed by atoms with E-state index in [1.807, 2.05) is 6.07 Å². The van der Waals surface area contributed by atoms with Crippen molar-refractivity contribution in [2.75, 3.05) is 0 Å². The van der Waals surface area contributed by atoms with Crippen molar-refractivity contribution >= 4 is 27.5 Å². The summed E-state index contributed by atoms with van der Waals surface area (Å²) in [6, 6.07) is 6.03. The fourth-order valence-electron chi connectivity index (χ4n) is 0.871. The van der Waals surface area contributed by atoms with Crippen LogP contribution in [0.4, 0.5) is 0 Å². The lowest BCUT2D eigenvalue weighted by molar-refractivity contribution is 0.866. The highest BCUT2D eigenvalue weighted by atomic mass is 79.9. The van der Waals surface area contributed by atoms with Gasteiger partial charge in [0.15, 0.2) is 0 Å². The molecule has 0 heterocycles. The molecular weight excluding hydrogens is 223 g/mol. The second-order valence-corrected chi connectivity index (χ2v) is 4.09. The van der Waals surface area contributed by atoms with Gasteiger partial charge in [-0.1, -0.05) is 31.5 Å². The van der Waals surface area contributed by atoms with Crippen molar-refractivity contribution in [1.29, 1.82) is 0 Å². The standard InChI is InChI=1S/C9H10BrCl/c1-6(2)7-3-4-9(11)8(10)5-7/h3-6H,1-2H3. The van der Waals surface area contributed by atoms with E-state index in [0.29, 0.717) is 5.92 Å². The molecule has 0 N–H and O–H groups in total. The van der Waals surface area contributed by atoms with Crippen LogP contribution in [0.2, 0.25) is 5.02 Å². The third-order valence-corrected chi connectivity index (χ3v) is 2.82. The van der Waals surface area contributed by atoms with Crippen molar-refractivity contribution in [3.8, 4) is 0 Å². The van der Waals surface area contributed by atoms with Crippen LogP contribution in [0, 0.1) is 0 Å². The molecule has 0 nitrogen and oxygen atoms in total. The minimum atomic E-state index is 0.559. The maximum atomic E-state index is 5.84. The molecule has 0 aliphatic carbocycles. The fraction of sp³-hybridized carbons (Fsp3) is 0.333. The van der Waals surface area contributed by atoms with Gasteiger partial charge >= 0.3 is 0 Å². The Hall–Kier alpha value is -0.0100. The summed E-state index contributed by atoms with van der Waals surface area (Å²) in [7, 11) is 0. The first-order chi connectivity index (χ1) is 5.11. The molecule has 11 heavy (non-hydrogen) atoms. The van der Waals surface area contributed by atoms with E-state index in [9.17, 15) is 0 Å². The molecule has 2 heteroatoms. The summed E-state index contributed by atoms with van der Waals surface area (Å²) in [6.45, 7) is 4.32. The molecule has 0 aliphatic rings. The zero-order chi connectivity index (χ0) is 8.43. The lowest BCUT2D eigenvalue weighted by atomic mass is 10.0. The Bertz CT molecular complexity index is 256. The average molecular weight is 234 g/mol.